The van der Waals surface area contributed by atoms with E-state index in [0.29, 0.717) is 6.07 Å². The Hall–Kier alpha value is -4.14. The molecule has 0 bridgehead atoms. The number of aromatic nitrogens is 3. The van der Waals surface area contributed by atoms with Crippen LogP contribution in [0.2, 0.25) is 5.28 Å². The van der Waals surface area contributed by atoms with Crippen LogP contribution >= 0.6 is 11.6 Å². The van der Waals surface area contributed by atoms with Gasteiger partial charge in [-0.05, 0) is 59.5 Å². The molecule has 0 saturated carbocycles. The zero-order valence-corrected chi connectivity index (χ0v) is 26.2. The highest BCUT2D eigenvalue weighted by Gasteiger charge is 2.26. The molecular formula is C21H18ClN7O13S4. The SMILES string of the molecule is N=Nc1c(S(=O)(=O)O)cc2cc(S(=O)(=O)O)cc(Nc3nc(Cl)nc(Nc4ccc(S(=O)(=O)CCOS(=O)(=O)O)cc4)n3)c2c1O. The third-order valence-electron chi connectivity index (χ3n) is 5.72. The third-order valence-corrected chi connectivity index (χ3v) is 9.75. The molecule has 1 heterocycles. The lowest BCUT2D eigenvalue weighted by atomic mass is 10.1. The Bertz CT molecular complexity index is 2320. The molecule has 46 heavy (non-hydrogen) atoms. The predicted octanol–water partition coefficient (Wildman–Crippen LogP) is 2.62. The van der Waals surface area contributed by atoms with Crippen LogP contribution in [0.5, 0.6) is 5.75 Å². The van der Waals surface area contributed by atoms with Crippen molar-refractivity contribution >= 4 is 91.8 Å². The van der Waals surface area contributed by atoms with E-state index in [1.165, 1.54) is 12.1 Å². The summed E-state index contributed by atoms with van der Waals surface area (Å²) in [5.41, 5.74) is 6.22. The molecule has 0 amide bonds. The van der Waals surface area contributed by atoms with E-state index >= 15 is 0 Å². The van der Waals surface area contributed by atoms with Crippen molar-refractivity contribution in [2.45, 2.75) is 14.7 Å². The highest BCUT2D eigenvalue weighted by molar-refractivity contribution is 7.91. The predicted molar refractivity (Wildman–Crippen MR) is 157 cm³/mol. The maximum atomic E-state index is 12.4. The molecule has 0 unspecified atom stereocenters. The fourth-order valence-corrected chi connectivity index (χ4v) is 6.69. The van der Waals surface area contributed by atoms with Gasteiger partial charge in [-0.25, -0.2) is 18.1 Å². The van der Waals surface area contributed by atoms with Gasteiger partial charge in [0.2, 0.25) is 17.2 Å². The number of phenolic OH excluding ortho intramolecular Hbond substituents is 1. The number of phenols is 1. The second kappa shape index (κ2) is 12.6. The number of sulfone groups is 1. The molecule has 0 aliphatic rings. The molecule has 0 aliphatic carbocycles. The molecule has 0 aliphatic heterocycles. The number of nitrogens with one attached hydrogen (secondary N) is 3. The van der Waals surface area contributed by atoms with Gasteiger partial charge in [0.1, 0.15) is 10.6 Å². The first kappa shape index (κ1) is 34.7. The van der Waals surface area contributed by atoms with E-state index in [9.17, 15) is 47.9 Å². The molecular weight excluding hydrogens is 722 g/mol. The van der Waals surface area contributed by atoms with Crippen LogP contribution in [0.1, 0.15) is 0 Å². The molecule has 0 spiro atoms. The summed E-state index contributed by atoms with van der Waals surface area (Å²) < 4.78 is 125. The lowest BCUT2D eigenvalue weighted by Gasteiger charge is -2.15. The molecule has 0 saturated heterocycles. The van der Waals surface area contributed by atoms with Crippen molar-refractivity contribution in [3.05, 3.63) is 47.7 Å². The summed E-state index contributed by atoms with van der Waals surface area (Å²) in [6, 6.07) is 7.15. The monoisotopic (exact) mass is 739 g/mol. The first-order chi connectivity index (χ1) is 21.2. The normalized spacial score (nSPS) is 12.6. The summed E-state index contributed by atoms with van der Waals surface area (Å²) >= 11 is 6.01. The average Bonchev–Trinajstić information content (AvgIpc) is 2.90. The van der Waals surface area contributed by atoms with Gasteiger partial charge >= 0.3 is 10.4 Å². The van der Waals surface area contributed by atoms with E-state index in [1.807, 2.05) is 0 Å². The van der Waals surface area contributed by atoms with Crippen LogP contribution in [0.25, 0.3) is 10.8 Å². The molecule has 1 aromatic heterocycles. The summed E-state index contributed by atoms with van der Waals surface area (Å²) in [6.45, 7) is -0.832. The fraction of sp³-hybridized carbons (Fsp3) is 0.0952. The topological polar surface area (TPSA) is 326 Å². The molecule has 0 radical (unpaired) electrons. The first-order valence-electron chi connectivity index (χ1n) is 11.7. The Morgan fingerprint density at radius 1 is 0.826 bits per heavy atom. The van der Waals surface area contributed by atoms with Gasteiger partial charge in [-0.3, -0.25) is 13.7 Å². The second-order valence-electron chi connectivity index (χ2n) is 8.80. The Labute approximate surface area is 264 Å². The van der Waals surface area contributed by atoms with Crippen molar-refractivity contribution < 1.29 is 56.6 Å². The zero-order chi connectivity index (χ0) is 34.2. The van der Waals surface area contributed by atoms with E-state index in [-0.39, 0.29) is 33.0 Å². The fourth-order valence-electron chi connectivity index (χ4n) is 3.84. The Morgan fingerprint density at radius 3 is 1.98 bits per heavy atom. The Kier molecular flexibility index (Phi) is 9.49. The minimum absolute atomic E-state index is 0.206. The van der Waals surface area contributed by atoms with Crippen molar-refractivity contribution in [3.8, 4) is 5.75 Å². The molecule has 25 heteroatoms. The van der Waals surface area contributed by atoms with Crippen LogP contribution in [0.3, 0.4) is 0 Å². The van der Waals surface area contributed by atoms with Gasteiger partial charge in [0.25, 0.3) is 20.2 Å². The van der Waals surface area contributed by atoms with Crippen molar-refractivity contribution in [1.82, 2.24) is 15.0 Å². The number of halogens is 1. The van der Waals surface area contributed by atoms with Crippen LogP contribution in [-0.2, 0) is 44.7 Å². The van der Waals surface area contributed by atoms with Crippen molar-refractivity contribution in [1.29, 1.82) is 5.53 Å². The maximum Gasteiger partial charge on any atom is 0.397 e. The van der Waals surface area contributed by atoms with Crippen molar-refractivity contribution in [2.75, 3.05) is 23.0 Å². The maximum absolute atomic E-state index is 12.4. The summed E-state index contributed by atoms with van der Waals surface area (Å²) in [7, 11) is -18.9. The number of anilines is 4. The van der Waals surface area contributed by atoms with Gasteiger partial charge in [0.05, 0.1) is 27.8 Å². The van der Waals surface area contributed by atoms with E-state index < -0.39 is 85.3 Å². The second-order valence-corrected chi connectivity index (χ2v) is 15.1. The number of aromatic hydroxyl groups is 1. The van der Waals surface area contributed by atoms with E-state index in [4.69, 9.17) is 21.7 Å². The minimum atomic E-state index is -5.08. The Morgan fingerprint density at radius 2 is 1.43 bits per heavy atom. The van der Waals surface area contributed by atoms with E-state index in [1.54, 1.807) is 0 Å². The largest absolute Gasteiger partial charge is 0.505 e. The molecule has 0 fully saturated rings. The van der Waals surface area contributed by atoms with Gasteiger partial charge in [-0.1, -0.05) is 0 Å². The van der Waals surface area contributed by atoms with E-state index in [2.05, 4.69) is 34.9 Å². The number of hydrogen-bond donors (Lipinski definition) is 7. The number of rotatable bonds is 12. The molecule has 0 atom stereocenters. The van der Waals surface area contributed by atoms with Crippen LogP contribution in [0.4, 0.5) is 29.0 Å². The van der Waals surface area contributed by atoms with Gasteiger partial charge in [0, 0.05) is 11.1 Å². The van der Waals surface area contributed by atoms with Crippen molar-refractivity contribution in [2.24, 2.45) is 5.11 Å². The smallest absolute Gasteiger partial charge is 0.397 e. The summed E-state index contributed by atoms with van der Waals surface area (Å²) in [5, 5.41) is 17.9. The highest BCUT2D eigenvalue weighted by Crippen LogP contribution is 2.45. The first-order valence-corrected chi connectivity index (χ1v) is 18.0. The molecule has 20 nitrogen and oxygen atoms in total. The number of fused-ring (bicyclic) bond motifs is 1. The number of hydrogen-bond acceptors (Lipinski definition) is 17. The Balaban J connectivity index is 1.70. The summed E-state index contributed by atoms with van der Waals surface area (Å²) in [5.74, 6) is -2.41. The lowest BCUT2D eigenvalue weighted by Crippen LogP contribution is -2.15. The quantitative estimate of drug-likeness (QED) is 0.0810. The van der Waals surface area contributed by atoms with Crippen molar-refractivity contribution in [3.63, 3.8) is 0 Å². The van der Waals surface area contributed by atoms with E-state index in [0.717, 1.165) is 24.3 Å². The minimum Gasteiger partial charge on any atom is -0.505 e. The standard InChI is InChI=1S/C21H18ClN7O13S4/c22-19-26-20(24-11-1-3-12(4-2-11)43(31,32)6-5-42-46(39,40)41)28-21(27-19)25-14-9-13(44(33,34)35)7-10-8-15(45(36,37)38)17(29-23)18(30)16(10)14/h1-4,7-9,23,30H,5-6H2,(H,33,34,35)(H,36,37,38)(H,39,40,41)(H2,24,25,26,27,28). The van der Waals surface area contributed by atoms with Gasteiger partial charge in [0.15, 0.2) is 15.6 Å². The molecule has 246 valence electrons. The average molecular weight is 740 g/mol. The van der Waals surface area contributed by atoms with Crippen LogP contribution < -0.4 is 10.6 Å². The van der Waals surface area contributed by atoms with Gasteiger partial charge < -0.3 is 15.7 Å². The van der Waals surface area contributed by atoms with Crippen LogP contribution in [0.15, 0.2) is 62.3 Å². The van der Waals surface area contributed by atoms with Crippen LogP contribution in [0, 0.1) is 5.53 Å². The van der Waals surface area contributed by atoms with Gasteiger partial charge in [-0.15, -0.1) is 0 Å². The molecule has 4 aromatic rings. The third kappa shape index (κ3) is 8.17. The van der Waals surface area contributed by atoms with Gasteiger partial charge in [-0.2, -0.15) is 45.3 Å². The highest BCUT2D eigenvalue weighted by atomic mass is 35.5. The number of nitrogens with zero attached hydrogens (tertiary/aromatic N) is 4. The summed E-state index contributed by atoms with van der Waals surface area (Å²) in [6.07, 6.45) is 0. The summed E-state index contributed by atoms with van der Waals surface area (Å²) in [4.78, 5) is 9.70. The molecule has 3 aromatic carbocycles. The lowest BCUT2D eigenvalue weighted by molar-refractivity contribution is 0.284. The molecule has 7 N–H and O–H groups in total. The van der Waals surface area contributed by atoms with Crippen LogP contribution in [-0.4, -0.2) is 79.7 Å². The molecule has 4 rings (SSSR count). The zero-order valence-electron chi connectivity index (χ0n) is 22.2. The number of benzene rings is 3.